The Morgan fingerprint density at radius 1 is 0.971 bits per heavy atom. The van der Waals surface area contributed by atoms with Gasteiger partial charge in [0, 0.05) is 24.4 Å². The van der Waals surface area contributed by atoms with E-state index in [9.17, 15) is 14.4 Å². The SMILES string of the molecule is CCC[C@H](CC(=O)NC1CCC(C(=O)O)CC1)NC(=O)OCC1c2ccccc2-c2ccccc21. The molecule has 7 nitrogen and oxygen atoms in total. The molecule has 4 rings (SSSR count). The van der Waals surface area contributed by atoms with Crippen LogP contribution >= 0.6 is 0 Å². The Kier molecular flexibility index (Phi) is 8.06. The predicted octanol–water partition coefficient (Wildman–Crippen LogP) is 4.84. The van der Waals surface area contributed by atoms with Gasteiger partial charge in [0.25, 0.3) is 0 Å². The van der Waals surface area contributed by atoms with Gasteiger partial charge in [-0.25, -0.2) is 4.79 Å². The number of benzene rings is 2. The highest BCUT2D eigenvalue weighted by Gasteiger charge is 2.30. The summed E-state index contributed by atoms with van der Waals surface area (Å²) in [6.07, 6.45) is 3.65. The molecule has 3 N–H and O–H groups in total. The van der Waals surface area contributed by atoms with E-state index in [1.165, 1.54) is 11.1 Å². The van der Waals surface area contributed by atoms with Crippen LogP contribution in [0.25, 0.3) is 11.1 Å². The molecule has 7 heteroatoms. The number of carboxylic acids is 1. The van der Waals surface area contributed by atoms with Gasteiger partial charge in [0.1, 0.15) is 6.61 Å². The topological polar surface area (TPSA) is 105 Å². The summed E-state index contributed by atoms with van der Waals surface area (Å²) < 4.78 is 5.64. The van der Waals surface area contributed by atoms with Crippen molar-refractivity contribution in [3.05, 3.63) is 59.7 Å². The van der Waals surface area contributed by atoms with Crippen molar-refractivity contribution in [2.75, 3.05) is 6.61 Å². The standard InChI is InChI=1S/C28H34N2O5/c1-2-7-20(16-26(31)29-19-14-12-18(13-15-19)27(32)33)30-28(34)35-17-25-23-10-5-3-8-21(23)22-9-4-6-11-24(22)25/h3-6,8-11,18-20,25H,2,7,12-17H2,1H3,(H,29,31)(H,30,34)(H,32,33)/t18?,19?,20-/m1/s1. The Bertz CT molecular complexity index is 1020. The number of carbonyl (C=O) groups excluding carboxylic acids is 2. The molecule has 1 saturated carbocycles. The van der Waals surface area contributed by atoms with Crippen molar-refractivity contribution < 1.29 is 24.2 Å². The minimum Gasteiger partial charge on any atom is -0.481 e. The van der Waals surface area contributed by atoms with Gasteiger partial charge < -0.3 is 20.5 Å². The molecule has 2 aromatic carbocycles. The average molecular weight is 479 g/mol. The molecule has 2 aliphatic rings. The van der Waals surface area contributed by atoms with Crippen LogP contribution in [0.2, 0.25) is 0 Å². The first kappa shape index (κ1) is 24.8. The maximum absolute atomic E-state index is 12.7. The molecule has 0 heterocycles. The van der Waals surface area contributed by atoms with Crippen molar-refractivity contribution in [2.24, 2.45) is 5.92 Å². The highest BCUT2D eigenvalue weighted by molar-refractivity contribution is 5.80. The lowest BCUT2D eigenvalue weighted by Gasteiger charge is -2.27. The lowest BCUT2D eigenvalue weighted by molar-refractivity contribution is -0.142. The molecule has 2 aromatic rings. The molecule has 0 bridgehead atoms. The van der Waals surface area contributed by atoms with E-state index < -0.39 is 12.1 Å². The van der Waals surface area contributed by atoms with E-state index in [4.69, 9.17) is 9.84 Å². The van der Waals surface area contributed by atoms with Crippen LogP contribution in [0, 0.1) is 5.92 Å². The van der Waals surface area contributed by atoms with E-state index in [1.807, 2.05) is 31.2 Å². The van der Waals surface area contributed by atoms with E-state index in [1.54, 1.807) is 0 Å². The Balaban J connectivity index is 1.28. The molecule has 35 heavy (non-hydrogen) atoms. The first-order valence-electron chi connectivity index (χ1n) is 12.6. The van der Waals surface area contributed by atoms with Gasteiger partial charge in [-0.05, 0) is 54.4 Å². The number of fused-ring (bicyclic) bond motifs is 3. The summed E-state index contributed by atoms with van der Waals surface area (Å²) in [7, 11) is 0. The van der Waals surface area contributed by atoms with E-state index in [2.05, 4.69) is 34.9 Å². The number of carboxylic acid groups (broad SMARTS) is 1. The highest BCUT2D eigenvalue weighted by Crippen LogP contribution is 2.44. The van der Waals surface area contributed by atoms with Gasteiger partial charge in [-0.2, -0.15) is 0 Å². The van der Waals surface area contributed by atoms with Gasteiger partial charge in [-0.3, -0.25) is 9.59 Å². The number of aliphatic carboxylic acids is 1. The predicted molar refractivity (Wildman–Crippen MR) is 133 cm³/mol. The van der Waals surface area contributed by atoms with E-state index in [0.717, 1.165) is 17.5 Å². The van der Waals surface area contributed by atoms with E-state index in [0.29, 0.717) is 32.1 Å². The number of nitrogens with one attached hydrogen (secondary N) is 2. The smallest absolute Gasteiger partial charge is 0.407 e. The fourth-order valence-corrected chi connectivity index (χ4v) is 5.38. The Morgan fingerprint density at radius 2 is 1.57 bits per heavy atom. The van der Waals surface area contributed by atoms with Crippen LogP contribution in [0.5, 0.6) is 0 Å². The van der Waals surface area contributed by atoms with Crippen LogP contribution in [0.15, 0.2) is 48.5 Å². The summed E-state index contributed by atoms with van der Waals surface area (Å²) in [5, 5.41) is 15.0. The second-order valence-electron chi connectivity index (χ2n) is 9.61. The van der Waals surface area contributed by atoms with Crippen molar-refractivity contribution in [1.29, 1.82) is 0 Å². The number of ether oxygens (including phenoxy) is 1. The quantitative estimate of drug-likeness (QED) is 0.478. The van der Waals surface area contributed by atoms with Crippen LogP contribution in [0.1, 0.15) is 68.9 Å². The zero-order valence-corrected chi connectivity index (χ0v) is 20.2. The number of amides is 2. The lowest BCUT2D eigenvalue weighted by atomic mass is 9.86. The Morgan fingerprint density at radius 3 is 2.14 bits per heavy atom. The number of hydrogen-bond donors (Lipinski definition) is 3. The second kappa shape index (κ2) is 11.4. The zero-order valence-electron chi connectivity index (χ0n) is 20.2. The van der Waals surface area contributed by atoms with Gasteiger partial charge in [0.05, 0.1) is 5.92 Å². The molecule has 2 aliphatic carbocycles. The van der Waals surface area contributed by atoms with Gasteiger partial charge in [0.15, 0.2) is 0 Å². The first-order valence-corrected chi connectivity index (χ1v) is 12.6. The summed E-state index contributed by atoms with van der Waals surface area (Å²) in [6, 6.07) is 16.1. The molecule has 2 amide bonds. The number of hydrogen-bond acceptors (Lipinski definition) is 4. The van der Waals surface area contributed by atoms with Crippen LogP contribution in [0.3, 0.4) is 0 Å². The summed E-state index contributed by atoms with van der Waals surface area (Å²) in [6.45, 7) is 2.25. The van der Waals surface area contributed by atoms with Gasteiger partial charge in [0.2, 0.25) is 5.91 Å². The summed E-state index contributed by atoms with van der Waals surface area (Å²) in [4.78, 5) is 36.4. The molecule has 1 atom stereocenters. The normalized spacial score (nSPS) is 19.8. The van der Waals surface area contributed by atoms with Crippen molar-refractivity contribution >= 4 is 18.0 Å². The third-order valence-corrected chi connectivity index (χ3v) is 7.18. The van der Waals surface area contributed by atoms with E-state index in [-0.39, 0.29) is 42.9 Å². The molecule has 0 unspecified atom stereocenters. The lowest BCUT2D eigenvalue weighted by Crippen LogP contribution is -2.43. The van der Waals surface area contributed by atoms with Crippen LogP contribution in [-0.2, 0) is 14.3 Å². The minimum absolute atomic E-state index is 0.00479. The maximum Gasteiger partial charge on any atom is 0.407 e. The molecule has 0 radical (unpaired) electrons. The first-order chi connectivity index (χ1) is 17.0. The van der Waals surface area contributed by atoms with Crippen LogP contribution in [0.4, 0.5) is 4.79 Å². The second-order valence-corrected chi connectivity index (χ2v) is 9.61. The monoisotopic (exact) mass is 478 g/mol. The van der Waals surface area contributed by atoms with Gasteiger partial charge in [-0.15, -0.1) is 0 Å². The van der Waals surface area contributed by atoms with Crippen molar-refractivity contribution in [2.45, 2.75) is 69.9 Å². The number of rotatable bonds is 9. The fourth-order valence-electron chi connectivity index (χ4n) is 5.38. The third-order valence-electron chi connectivity index (χ3n) is 7.18. The van der Waals surface area contributed by atoms with Crippen LogP contribution in [-0.4, -0.2) is 41.8 Å². The highest BCUT2D eigenvalue weighted by atomic mass is 16.5. The largest absolute Gasteiger partial charge is 0.481 e. The van der Waals surface area contributed by atoms with Gasteiger partial charge >= 0.3 is 12.1 Å². The molecule has 0 aliphatic heterocycles. The zero-order chi connectivity index (χ0) is 24.8. The van der Waals surface area contributed by atoms with Crippen molar-refractivity contribution in [3.8, 4) is 11.1 Å². The van der Waals surface area contributed by atoms with Crippen LogP contribution < -0.4 is 10.6 Å². The van der Waals surface area contributed by atoms with E-state index >= 15 is 0 Å². The van der Waals surface area contributed by atoms with Crippen molar-refractivity contribution in [3.63, 3.8) is 0 Å². The fraction of sp³-hybridized carbons (Fsp3) is 0.464. The molecule has 0 aromatic heterocycles. The molecule has 1 fully saturated rings. The Labute approximate surface area is 206 Å². The molecule has 0 spiro atoms. The molecule has 0 saturated heterocycles. The summed E-state index contributed by atoms with van der Waals surface area (Å²) >= 11 is 0. The number of alkyl carbamates (subject to hydrolysis) is 1. The maximum atomic E-state index is 12.7. The minimum atomic E-state index is -0.759. The third kappa shape index (κ3) is 6.02. The molecule has 186 valence electrons. The Hall–Kier alpha value is -3.35. The van der Waals surface area contributed by atoms with Gasteiger partial charge in [-0.1, -0.05) is 61.9 Å². The average Bonchev–Trinajstić information content (AvgIpc) is 3.17. The summed E-state index contributed by atoms with van der Waals surface area (Å²) in [5.74, 6) is -1.21. The summed E-state index contributed by atoms with van der Waals surface area (Å²) in [5.41, 5.74) is 4.66. The molecular formula is C28H34N2O5. The number of carbonyl (C=O) groups is 3. The van der Waals surface area contributed by atoms with Crippen molar-refractivity contribution in [1.82, 2.24) is 10.6 Å². The molecular weight excluding hydrogens is 444 g/mol.